The summed E-state index contributed by atoms with van der Waals surface area (Å²) in [5.74, 6) is 1.58. The van der Waals surface area contributed by atoms with Gasteiger partial charge in [-0.1, -0.05) is 18.1 Å². The molecule has 28 heavy (non-hydrogen) atoms. The monoisotopic (exact) mass is 374 g/mol. The van der Waals surface area contributed by atoms with E-state index in [1.807, 2.05) is 55.6 Å². The van der Waals surface area contributed by atoms with Crippen LogP contribution < -0.4 is 9.64 Å². The molecule has 0 fully saturated rings. The van der Waals surface area contributed by atoms with Crippen LogP contribution in [0.15, 0.2) is 53.2 Å². The zero-order valence-electron chi connectivity index (χ0n) is 15.3. The molecule has 0 spiro atoms. The molecule has 1 aliphatic heterocycles. The molecule has 140 valence electrons. The number of aromatic amines is 1. The summed E-state index contributed by atoms with van der Waals surface area (Å²) in [6, 6.07) is 13.5. The predicted octanol–water partition coefficient (Wildman–Crippen LogP) is 4.02. The Bertz CT molecular complexity index is 1180. The first kappa shape index (κ1) is 16.6. The molecule has 0 aliphatic carbocycles. The van der Waals surface area contributed by atoms with Crippen LogP contribution in [0.2, 0.25) is 0 Å². The van der Waals surface area contributed by atoms with Gasteiger partial charge in [-0.3, -0.25) is 4.79 Å². The van der Waals surface area contributed by atoms with Gasteiger partial charge < -0.3 is 19.1 Å². The molecule has 0 saturated heterocycles. The molecule has 2 aromatic heterocycles. The fourth-order valence-electron chi connectivity index (χ4n) is 3.53. The van der Waals surface area contributed by atoms with Gasteiger partial charge in [-0.05, 0) is 42.8 Å². The van der Waals surface area contributed by atoms with Crippen LogP contribution in [0.25, 0.3) is 33.7 Å². The zero-order chi connectivity index (χ0) is 19.1. The number of carbonyl (C=O) groups is 1. The average Bonchev–Trinajstić information content (AvgIpc) is 3.39. The zero-order valence-corrected chi connectivity index (χ0v) is 15.3. The number of H-pyrrole nitrogens is 1. The third-order valence-electron chi connectivity index (χ3n) is 4.86. The molecule has 0 unspecified atom stereocenters. The van der Waals surface area contributed by atoms with Gasteiger partial charge in [0.2, 0.25) is 5.82 Å². The van der Waals surface area contributed by atoms with Crippen LogP contribution in [-0.2, 0) is 4.79 Å². The van der Waals surface area contributed by atoms with Crippen molar-refractivity contribution in [2.24, 2.45) is 0 Å². The Balaban J connectivity index is 1.55. The number of hydrogen-bond donors (Lipinski definition) is 1. The number of nitrogens with one attached hydrogen (secondary N) is 1. The first-order valence-electron chi connectivity index (χ1n) is 9.22. The first-order chi connectivity index (χ1) is 13.7. The van der Waals surface area contributed by atoms with E-state index >= 15 is 0 Å². The molecule has 0 bridgehead atoms. The summed E-state index contributed by atoms with van der Waals surface area (Å²) in [4.78, 5) is 21.8. The lowest BCUT2D eigenvalue weighted by molar-refractivity contribution is -0.121. The molecule has 4 aromatic rings. The second-order valence-electron chi connectivity index (χ2n) is 6.68. The number of fused-ring (bicyclic) bond motifs is 2. The van der Waals surface area contributed by atoms with Crippen molar-refractivity contribution in [3.05, 3.63) is 48.7 Å². The minimum Gasteiger partial charge on any atom is -0.482 e. The van der Waals surface area contributed by atoms with Crippen molar-refractivity contribution in [3.8, 4) is 28.6 Å². The van der Waals surface area contributed by atoms with Crippen molar-refractivity contribution in [2.45, 2.75) is 13.3 Å². The van der Waals surface area contributed by atoms with Crippen molar-refractivity contribution in [3.63, 3.8) is 0 Å². The summed E-state index contributed by atoms with van der Waals surface area (Å²) in [5, 5.41) is 5.18. The van der Waals surface area contributed by atoms with Crippen LogP contribution in [0.4, 0.5) is 5.69 Å². The molecule has 1 N–H and O–H groups in total. The van der Waals surface area contributed by atoms with E-state index in [9.17, 15) is 4.79 Å². The summed E-state index contributed by atoms with van der Waals surface area (Å²) >= 11 is 0. The summed E-state index contributed by atoms with van der Waals surface area (Å²) in [5.41, 5.74) is 3.41. The van der Waals surface area contributed by atoms with E-state index in [0.717, 1.165) is 34.1 Å². The Morgan fingerprint density at radius 2 is 2.14 bits per heavy atom. The number of aromatic nitrogens is 3. The molecular formula is C21H18N4O3. The standard InChI is InChI=1S/C21H18N4O3/c1-2-10-25-17-11-13(6-7-18(17)27-12-19(25)26)20-23-21(28-24-20)15-4-3-5-16-14(15)8-9-22-16/h3-9,11,22H,2,10,12H2,1H3. The van der Waals surface area contributed by atoms with E-state index in [1.165, 1.54) is 0 Å². The minimum atomic E-state index is -0.0422. The van der Waals surface area contributed by atoms with Crippen molar-refractivity contribution in [2.75, 3.05) is 18.1 Å². The summed E-state index contributed by atoms with van der Waals surface area (Å²) in [6.07, 6.45) is 2.75. The van der Waals surface area contributed by atoms with Gasteiger partial charge in [0.25, 0.3) is 11.8 Å². The van der Waals surface area contributed by atoms with Crippen molar-refractivity contribution >= 4 is 22.5 Å². The van der Waals surface area contributed by atoms with E-state index in [1.54, 1.807) is 4.90 Å². The molecule has 2 aromatic carbocycles. The van der Waals surface area contributed by atoms with Gasteiger partial charge in [-0.2, -0.15) is 4.98 Å². The smallest absolute Gasteiger partial charge is 0.265 e. The normalized spacial score (nSPS) is 13.6. The number of hydrogen-bond acceptors (Lipinski definition) is 5. The van der Waals surface area contributed by atoms with E-state index in [0.29, 0.717) is 24.0 Å². The van der Waals surface area contributed by atoms with E-state index in [4.69, 9.17) is 9.26 Å². The van der Waals surface area contributed by atoms with Crippen molar-refractivity contribution in [1.29, 1.82) is 0 Å². The summed E-state index contributed by atoms with van der Waals surface area (Å²) < 4.78 is 11.1. The van der Waals surface area contributed by atoms with Gasteiger partial charge in [-0.25, -0.2) is 0 Å². The van der Waals surface area contributed by atoms with E-state index < -0.39 is 0 Å². The molecule has 1 aliphatic rings. The van der Waals surface area contributed by atoms with Gasteiger partial charge in [-0.15, -0.1) is 0 Å². The second-order valence-corrected chi connectivity index (χ2v) is 6.68. The average molecular weight is 374 g/mol. The first-order valence-corrected chi connectivity index (χ1v) is 9.22. The van der Waals surface area contributed by atoms with Crippen LogP contribution >= 0.6 is 0 Å². The number of ether oxygens (including phenoxy) is 1. The topological polar surface area (TPSA) is 84.3 Å². The lowest BCUT2D eigenvalue weighted by Gasteiger charge is -2.29. The van der Waals surface area contributed by atoms with Gasteiger partial charge in [0.1, 0.15) is 5.75 Å². The van der Waals surface area contributed by atoms with Gasteiger partial charge in [0.15, 0.2) is 6.61 Å². The number of carbonyl (C=O) groups excluding carboxylic acids is 1. The van der Waals surface area contributed by atoms with E-state index in [2.05, 4.69) is 15.1 Å². The van der Waals surface area contributed by atoms with Crippen LogP contribution in [0.5, 0.6) is 5.75 Å². The van der Waals surface area contributed by atoms with Gasteiger partial charge >= 0.3 is 0 Å². The molecule has 0 atom stereocenters. The van der Waals surface area contributed by atoms with Crippen molar-refractivity contribution < 1.29 is 14.1 Å². The maximum absolute atomic E-state index is 12.2. The molecule has 7 heteroatoms. The highest BCUT2D eigenvalue weighted by Gasteiger charge is 2.26. The lowest BCUT2D eigenvalue weighted by Crippen LogP contribution is -2.39. The minimum absolute atomic E-state index is 0.0422. The van der Waals surface area contributed by atoms with Crippen LogP contribution in [-0.4, -0.2) is 34.2 Å². The Kier molecular flexibility index (Phi) is 3.86. The van der Waals surface area contributed by atoms with E-state index in [-0.39, 0.29) is 12.5 Å². The lowest BCUT2D eigenvalue weighted by atomic mass is 10.1. The molecule has 0 saturated carbocycles. The third kappa shape index (κ3) is 2.63. The molecule has 0 radical (unpaired) electrons. The molecule has 3 heterocycles. The maximum atomic E-state index is 12.2. The number of amides is 1. The van der Waals surface area contributed by atoms with Gasteiger partial charge in [0.05, 0.1) is 5.69 Å². The fourth-order valence-corrected chi connectivity index (χ4v) is 3.53. The van der Waals surface area contributed by atoms with Crippen molar-refractivity contribution in [1.82, 2.24) is 15.1 Å². The maximum Gasteiger partial charge on any atom is 0.265 e. The fraction of sp³-hybridized carbons (Fsp3) is 0.190. The number of benzene rings is 2. The highest BCUT2D eigenvalue weighted by molar-refractivity contribution is 5.98. The number of rotatable bonds is 4. The SMILES string of the molecule is CCCN1C(=O)COc2ccc(-c3noc(-c4cccc5[nH]ccc45)n3)cc21. The number of anilines is 1. The molecular weight excluding hydrogens is 356 g/mol. The molecule has 7 nitrogen and oxygen atoms in total. The largest absolute Gasteiger partial charge is 0.482 e. The Hall–Kier alpha value is -3.61. The van der Waals surface area contributed by atoms with Crippen LogP contribution in [0, 0.1) is 0 Å². The quantitative estimate of drug-likeness (QED) is 0.583. The summed E-state index contributed by atoms with van der Waals surface area (Å²) in [7, 11) is 0. The van der Waals surface area contributed by atoms with Crippen LogP contribution in [0.1, 0.15) is 13.3 Å². The predicted molar refractivity (Wildman–Crippen MR) is 105 cm³/mol. The number of nitrogens with zero attached hydrogens (tertiary/aromatic N) is 3. The van der Waals surface area contributed by atoms with Gasteiger partial charge in [0, 0.05) is 34.8 Å². The molecule has 1 amide bonds. The second kappa shape index (κ2) is 6.53. The highest BCUT2D eigenvalue weighted by atomic mass is 16.5. The van der Waals surface area contributed by atoms with Crippen LogP contribution in [0.3, 0.4) is 0 Å². The highest BCUT2D eigenvalue weighted by Crippen LogP contribution is 2.36. The Morgan fingerprint density at radius 3 is 3.04 bits per heavy atom. The Labute approximate surface area is 160 Å². The Morgan fingerprint density at radius 1 is 1.21 bits per heavy atom. The third-order valence-corrected chi connectivity index (χ3v) is 4.86. The molecule has 5 rings (SSSR count). The summed E-state index contributed by atoms with van der Waals surface area (Å²) in [6.45, 7) is 2.75.